The molecule has 0 aliphatic rings. The molecule has 6 nitrogen and oxygen atoms in total. The average molecular weight is 249 g/mol. The minimum atomic E-state index is -2.32. The zero-order valence-electron chi connectivity index (χ0n) is 9.75. The van der Waals surface area contributed by atoms with E-state index in [1.807, 2.05) is 31.2 Å². The van der Waals surface area contributed by atoms with E-state index in [0.29, 0.717) is 0 Å². The van der Waals surface area contributed by atoms with Gasteiger partial charge in [-0.1, -0.05) is 24.3 Å². The van der Waals surface area contributed by atoms with Crippen LogP contribution in [0.2, 0.25) is 0 Å². The molecule has 1 aromatic heterocycles. The van der Waals surface area contributed by atoms with Gasteiger partial charge in [-0.25, -0.2) is 0 Å². The van der Waals surface area contributed by atoms with Gasteiger partial charge in [0.1, 0.15) is 5.52 Å². The Morgan fingerprint density at radius 2 is 2.06 bits per heavy atom. The summed E-state index contributed by atoms with van der Waals surface area (Å²) in [5.74, 6) is 0. The van der Waals surface area contributed by atoms with Crippen LogP contribution in [-0.4, -0.2) is 22.0 Å². The Kier molecular flexibility index (Phi) is 8.72. The van der Waals surface area contributed by atoms with Crippen LogP contribution in [0.15, 0.2) is 24.3 Å². The summed E-state index contributed by atoms with van der Waals surface area (Å²) in [6.45, 7) is 2.13. The summed E-state index contributed by atoms with van der Waals surface area (Å²) < 4.78 is 23.2. The maximum Gasteiger partial charge on any atom is 1.00 e. The van der Waals surface area contributed by atoms with Crippen LogP contribution < -0.4 is 18.9 Å². The van der Waals surface area contributed by atoms with E-state index >= 15 is 0 Å². The van der Waals surface area contributed by atoms with E-state index in [-0.39, 0.29) is 25.5 Å². The molecule has 0 bridgehead atoms. The van der Waals surface area contributed by atoms with Gasteiger partial charge in [0.2, 0.25) is 0 Å². The van der Waals surface area contributed by atoms with Crippen molar-refractivity contribution in [2.75, 3.05) is 6.61 Å². The summed E-state index contributed by atoms with van der Waals surface area (Å²) in [5, 5.41) is 10.2. The molecule has 0 amide bonds. The smallest absolute Gasteiger partial charge is 0.424 e. The molecule has 1 aromatic carbocycles. The molecular weight excluding hydrogens is 237 g/mol. The summed E-state index contributed by atoms with van der Waals surface area (Å²) in [6, 6.07) is 7.74. The second-order valence-electron chi connectivity index (χ2n) is 2.86. The Morgan fingerprint density at radius 1 is 1.35 bits per heavy atom. The fourth-order valence-corrected chi connectivity index (χ4v) is 1.24. The van der Waals surface area contributed by atoms with Crippen molar-refractivity contribution >= 4 is 22.0 Å². The number of aromatic amines is 1. The number of hydrogen-bond donors (Lipinski definition) is 1. The predicted octanol–water partition coefficient (Wildman–Crippen LogP) is -1.40. The number of benzene rings is 1. The van der Waals surface area contributed by atoms with Gasteiger partial charge in [-0.2, -0.15) is 0 Å². The van der Waals surface area contributed by atoms with Gasteiger partial charge < -0.3 is 12.6 Å². The van der Waals surface area contributed by atoms with Crippen molar-refractivity contribution in [3.63, 3.8) is 0 Å². The molecule has 0 atom stereocenters. The van der Waals surface area contributed by atoms with Crippen molar-refractivity contribution in [2.45, 2.75) is 13.3 Å². The van der Waals surface area contributed by atoms with E-state index in [0.717, 1.165) is 17.5 Å². The van der Waals surface area contributed by atoms with Gasteiger partial charge in [0.05, 0.1) is 16.5 Å². The molecule has 0 saturated heterocycles. The summed E-state index contributed by atoms with van der Waals surface area (Å²) >= 11 is 0. The van der Waals surface area contributed by atoms with Crippen LogP contribution >= 0.6 is 0 Å². The van der Waals surface area contributed by atoms with Crippen LogP contribution in [0.4, 0.5) is 0 Å². The molecule has 1 heterocycles. The SMILES string of the molecule is CCCO[S-](=O)=O.[Li+].c1ccc2[nH]nnc2c1. The number of hydrogen-bond acceptors (Lipinski definition) is 6. The first-order chi connectivity index (χ1) is 7.74. The van der Waals surface area contributed by atoms with Crippen LogP contribution in [0.5, 0.6) is 0 Å². The minimum absolute atomic E-state index is 0. The van der Waals surface area contributed by atoms with Crippen LogP contribution in [0.1, 0.15) is 13.3 Å². The topological polar surface area (TPSA) is 84.9 Å². The predicted molar refractivity (Wildman–Crippen MR) is 58.9 cm³/mol. The van der Waals surface area contributed by atoms with Crippen molar-refractivity contribution in [3.05, 3.63) is 24.3 Å². The van der Waals surface area contributed by atoms with Crippen molar-refractivity contribution in [1.82, 2.24) is 15.4 Å². The Labute approximate surface area is 113 Å². The molecule has 0 fully saturated rings. The van der Waals surface area contributed by atoms with Crippen molar-refractivity contribution in [1.29, 1.82) is 0 Å². The first-order valence-electron chi connectivity index (χ1n) is 4.72. The Hall–Kier alpha value is -0.873. The second-order valence-corrected chi connectivity index (χ2v) is 3.50. The summed E-state index contributed by atoms with van der Waals surface area (Å²) in [4.78, 5) is 0. The molecule has 0 radical (unpaired) electrons. The standard InChI is InChI=1S/C6H5N3.C3H7O3S.Li/c1-2-4-6-5(3-1)7-9-8-6;1-2-3-6-7(4)5;/h1-4H,(H,7,8,9);2-3H2,1H3;/q;-1;+1. The molecular formula is C9H12LiN3O3S. The Bertz CT molecular complexity index is 463. The number of para-hydroxylation sites is 1. The molecule has 88 valence electrons. The van der Waals surface area contributed by atoms with Crippen LogP contribution in [0.25, 0.3) is 11.0 Å². The molecule has 0 aliphatic carbocycles. The van der Waals surface area contributed by atoms with Crippen LogP contribution in [0.3, 0.4) is 0 Å². The monoisotopic (exact) mass is 249 g/mol. The van der Waals surface area contributed by atoms with Gasteiger partial charge in [0.25, 0.3) is 0 Å². The van der Waals surface area contributed by atoms with E-state index in [9.17, 15) is 8.42 Å². The van der Waals surface area contributed by atoms with E-state index in [1.165, 1.54) is 0 Å². The van der Waals surface area contributed by atoms with E-state index in [2.05, 4.69) is 19.6 Å². The largest absolute Gasteiger partial charge is 1.00 e. The van der Waals surface area contributed by atoms with Crippen molar-refractivity contribution < 1.29 is 31.5 Å². The van der Waals surface area contributed by atoms with Crippen LogP contribution in [0, 0.1) is 0 Å². The maximum atomic E-state index is 9.54. The van der Waals surface area contributed by atoms with Gasteiger partial charge in [-0.3, -0.25) is 5.10 Å². The zero-order chi connectivity index (χ0) is 11.8. The number of H-pyrrole nitrogens is 1. The third-order valence-electron chi connectivity index (χ3n) is 1.62. The second kappa shape index (κ2) is 9.19. The third kappa shape index (κ3) is 6.43. The fraction of sp³-hybridized carbons (Fsp3) is 0.333. The van der Waals surface area contributed by atoms with E-state index < -0.39 is 11.0 Å². The summed E-state index contributed by atoms with van der Waals surface area (Å²) in [6.07, 6.45) is 0.730. The van der Waals surface area contributed by atoms with Gasteiger partial charge in [0.15, 0.2) is 0 Å². The van der Waals surface area contributed by atoms with Gasteiger partial charge in [-0.05, 0) is 18.6 Å². The molecule has 2 rings (SSSR count). The molecule has 0 aliphatic heterocycles. The number of rotatable bonds is 3. The average Bonchev–Trinajstić information content (AvgIpc) is 2.75. The number of aromatic nitrogens is 3. The minimum Gasteiger partial charge on any atom is -0.424 e. The number of nitrogens with one attached hydrogen (secondary N) is 1. The molecule has 1 N–H and O–H groups in total. The molecule has 2 aromatic rings. The normalized spacial score (nSPS) is 9.53. The first-order valence-corrected chi connectivity index (χ1v) is 5.72. The molecule has 0 unspecified atom stereocenters. The third-order valence-corrected chi connectivity index (χ3v) is 1.98. The summed E-state index contributed by atoms with van der Waals surface area (Å²) in [5.41, 5.74) is 1.90. The molecule has 8 heteroatoms. The molecule has 0 saturated carbocycles. The zero-order valence-corrected chi connectivity index (χ0v) is 10.6. The Balaban J connectivity index is 0.000000296. The number of nitrogens with zero attached hydrogens (tertiary/aromatic N) is 2. The van der Waals surface area contributed by atoms with Gasteiger partial charge >= 0.3 is 18.9 Å². The van der Waals surface area contributed by atoms with Gasteiger partial charge in [0, 0.05) is 6.61 Å². The fourth-order valence-electron chi connectivity index (χ4n) is 0.939. The Morgan fingerprint density at radius 3 is 2.59 bits per heavy atom. The quantitative estimate of drug-likeness (QED) is 0.534. The van der Waals surface area contributed by atoms with Crippen molar-refractivity contribution in [2.24, 2.45) is 0 Å². The van der Waals surface area contributed by atoms with E-state index in [1.54, 1.807) is 0 Å². The summed E-state index contributed by atoms with van der Waals surface area (Å²) in [7, 11) is -2.32. The first kappa shape index (κ1) is 16.1. The van der Waals surface area contributed by atoms with Crippen LogP contribution in [-0.2, 0) is 23.6 Å². The number of fused-ring (bicyclic) bond motifs is 1. The maximum absolute atomic E-state index is 9.54. The van der Waals surface area contributed by atoms with Crippen molar-refractivity contribution in [3.8, 4) is 0 Å². The van der Waals surface area contributed by atoms with E-state index in [4.69, 9.17) is 0 Å². The molecule has 17 heavy (non-hydrogen) atoms. The molecule has 0 spiro atoms. The van der Waals surface area contributed by atoms with Gasteiger partial charge in [-0.15, -0.1) is 5.10 Å².